The van der Waals surface area contributed by atoms with Crippen molar-refractivity contribution in [3.05, 3.63) is 0 Å². The van der Waals surface area contributed by atoms with E-state index in [1.54, 1.807) is 0 Å². The number of nitrogens with one attached hydrogen (secondary N) is 1. The summed E-state index contributed by atoms with van der Waals surface area (Å²) in [7, 11) is 0. The molecule has 2 N–H and O–H groups in total. The summed E-state index contributed by atoms with van der Waals surface area (Å²) in [4.78, 5) is 13.7. The van der Waals surface area contributed by atoms with Gasteiger partial charge in [0.1, 0.15) is 0 Å². The third-order valence-electron chi connectivity index (χ3n) is 3.35. The van der Waals surface area contributed by atoms with Crippen LogP contribution >= 0.6 is 0 Å². The van der Waals surface area contributed by atoms with Crippen molar-refractivity contribution in [2.24, 2.45) is 5.92 Å². The van der Waals surface area contributed by atoms with Gasteiger partial charge in [0.05, 0.1) is 6.54 Å². The summed E-state index contributed by atoms with van der Waals surface area (Å²) in [5, 5.41) is 12.0. The van der Waals surface area contributed by atoms with Gasteiger partial charge >= 0.3 is 0 Å². The molecule has 0 aromatic carbocycles. The van der Waals surface area contributed by atoms with Gasteiger partial charge in [0.2, 0.25) is 5.91 Å². The van der Waals surface area contributed by atoms with Gasteiger partial charge in [0, 0.05) is 19.7 Å². The lowest BCUT2D eigenvalue weighted by atomic mass is 10.1. The standard InChI is InChI=1S/C13H26N2O2/c1-2-3-4-5-7-14-13(17)10-15-8-6-12(9-15)11-16/h12,16H,2-11H2,1H3,(H,14,17). The van der Waals surface area contributed by atoms with E-state index in [-0.39, 0.29) is 12.5 Å². The van der Waals surface area contributed by atoms with Gasteiger partial charge in [0.15, 0.2) is 0 Å². The average molecular weight is 242 g/mol. The van der Waals surface area contributed by atoms with Crippen LogP contribution < -0.4 is 5.32 Å². The van der Waals surface area contributed by atoms with Crippen LogP contribution in [0.15, 0.2) is 0 Å². The second-order valence-corrected chi connectivity index (χ2v) is 4.98. The van der Waals surface area contributed by atoms with Crippen LogP contribution in [0.5, 0.6) is 0 Å². The highest BCUT2D eigenvalue weighted by Gasteiger charge is 2.22. The molecule has 1 amide bonds. The third kappa shape index (κ3) is 6.03. The van der Waals surface area contributed by atoms with E-state index in [4.69, 9.17) is 5.11 Å². The molecule has 0 saturated carbocycles. The van der Waals surface area contributed by atoms with Crippen LogP contribution in [0.25, 0.3) is 0 Å². The SMILES string of the molecule is CCCCCCNC(=O)CN1CCC(CO)C1. The number of carbonyl (C=O) groups excluding carboxylic acids is 1. The summed E-state index contributed by atoms with van der Waals surface area (Å²) in [6, 6.07) is 0. The minimum Gasteiger partial charge on any atom is -0.396 e. The number of nitrogens with zero attached hydrogens (tertiary/aromatic N) is 1. The molecule has 0 aliphatic carbocycles. The molecule has 0 radical (unpaired) electrons. The third-order valence-corrected chi connectivity index (χ3v) is 3.35. The first-order valence-electron chi connectivity index (χ1n) is 6.86. The maximum absolute atomic E-state index is 11.6. The zero-order valence-corrected chi connectivity index (χ0v) is 11.0. The highest BCUT2D eigenvalue weighted by Crippen LogP contribution is 2.14. The lowest BCUT2D eigenvalue weighted by molar-refractivity contribution is -0.122. The molecule has 0 aromatic rings. The molecule has 1 atom stereocenters. The second-order valence-electron chi connectivity index (χ2n) is 4.98. The van der Waals surface area contributed by atoms with E-state index >= 15 is 0 Å². The summed E-state index contributed by atoms with van der Waals surface area (Å²) >= 11 is 0. The summed E-state index contributed by atoms with van der Waals surface area (Å²) in [6.07, 6.45) is 5.77. The Balaban J connectivity index is 2.01. The van der Waals surface area contributed by atoms with E-state index in [0.29, 0.717) is 12.5 Å². The predicted octanol–water partition coefficient (Wildman–Crippen LogP) is 0.997. The zero-order chi connectivity index (χ0) is 12.5. The van der Waals surface area contributed by atoms with Crippen LogP contribution in [0.2, 0.25) is 0 Å². The van der Waals surface area contributed by atoms with Gasteiger partial charge in [-0.15, -0.1) is 0 Å². The van der Waals surface area contributed by atoms with Crippen LogP contribution in [0.4, 0.5) is 0 Å². The van der Waals surface area contributed by atoms with E-state index in [1.165, 1.54) is 19.3 Å². The molecule has 1 aliphatic rings. The Labute approximate surface area is 104 Å². The maximum Gasteiger partial charge on any atom is 0.234 e. The monoisotopic (exact) mass is 242 g/mol. The Morgan fingerprint density at radius 2 is 2.24 bits per heavy atom. The fourth-order valence-electron chi connectivity index (χ4n) is 2.24. The highest BCUT2D eigenvalue weighted by atomic mass is 16.3. The summed E-state index contributed by atoms with van der Waals surface area (Å²) in [5.41, 5.74) is 0. The number of unbranched alkanes of at least 4 members (excludes halogenated alkanes) is 3. The molecule has 0 bridgehead atoms. The first-order chi connectivity index (χ1) is 8.26. The van der Waals surface area contributed by atoms with E-state index in [9.17, 15) is 4.79 Å². The number of aliphatic hydroxyl groups is 1. The number of hydrogen-bond donors (Lipinski definition) is 2. The molecule has 100 valence electrons. The second kappa shape index (κ2) is 8.48. The first-order valence-corrected chi connectivity index (χ1v) is 6.86. The number of hydrogen-bond acceptors (Lipinski definition) is 3. The van der Waals surface area contributed by atoms with Crippen molar-refractivity contribution in [3.8, 4) is 0 Å². The van der Waals surface area contributed by atoms with Crippen LogP contribution in [0, 0.1) is 5.92 Å². The van der Waals surface area contributed by atoms with Crippen molar-refractivity contribution in [2.75, 3.05) is 32.8 Å². The van der Waals surface area contributed by atoms with Gasteiger partial charge in [-0.3, -0.25) is 9.69 Å². The Kier molecular flexibility index (Phi) is 7.21. The number of rotatable bonds is 8. The van der Waals surface area contributed by atoms with Crippen molar-refractivity contribution in [1.82, 2.24) is 10.2 Å². The van der Waals surface area contributed by atoms with Crippen LogP contribution in [0.3, 0.4) is 0 Å². The summed E-state index contributed by atoms with van der Waals surface area (Å²) in [6.45, 7) is 5.52. The van der Waals surface area contributed by atoms with Gasteiger partial charge in [-0.25, -0.2) is 0 Å². The molecule has 0 spiro atoms. The lowest BCUT2D eigenvalue weighted by Gasteiger charge is -2.15. The number of amides is 1. The van der Waals surface area contributed by atoms with Crippen LogP contribution in [-0.4, -0.2) is 48.7 Å². The number of carbonyl (C=O) groups is 1. The zero-order valence-electron chi connectivity index (χ0n) is 11.0. The van der Waals surface area contributed by atoms with E-state index in [2.05, 4.69) is 17.1 Å². The molecular weight excluding hydrogens is 216 g/mol. The summed E-state index contributed by atoms with van der Waals surface area (Å²) < 4.78 is 0. The fourth-order valence-corrected chi connectivity index (χ4v) is 2.24. The van der Waals surface area contributed by atoms with Crippen molar-refractivity contribution in [1.29, 1.82) is 0 Å². The minimum absolute atomic E-state index is 0.125. The molecule has 1 rings (SSSR count). The fraction of sp³-hybridized carbons (Fsp3) is 0.923. The first kappa shape index (κ1) is 14.5. The Hall–Kier alpha value is -0.610. The Morgan fingerprint density at radius 1 is 1.41 bits per heavy atom. The van der Waals surface area contributed by atoms with Crippen molar-refractivity contribution in [2.45, 2.75) is 39.0 Å². The van der Waals surface area contributed by atoms with Gasteiger partial charge in [-0.1, -0.05) is 26.2 Å². The topological polar surface area (TPSA) is 52.6 Å². The van der Waals surface area contributed by atoms with Gasteiger partial charge < -0.3 is 10.4 Å². The highest BCUT2D eigenvalue weighted by molar-refractivity contribution is 5.77. The average Bonchev–Trinajstić information content (AvgIpc) is 2.76. The van der Waals surface area contributed by atoms with E-state index in [0.717, 1.165) is 32.5 Å². The van der Waals surface area contributed by atoms with Gasteiger partial charge in [0.25, 0.3) is 0 Å². The van der Waals surface area contributed by atoms with E-state index < -0.39 is 0 Å². The molecule has 1 aliphatic heterocycles. The normalized spacial score (nSPS) is 20.7. The largest absolute Gasteiger partial charge is 0.396 e. The quantitative estimate of drug-likeness (QED) is 0.624. The van der Waals surface area contributed by atoms with Crippen molar-refractivity contribution in [3.63, 3.8) is 0 Å². The molecule has 4 nitrogen and oxygen atoms in total. The Morgan fingerprint density at radius 3 is 2.88 bits per heavy atom. The Bertz CT molecular complexity index is 221. The molecule has 0 aromatic heterocycles. The molecule has 4 heteroatoms. The van der Waals surface area contributed by atoms with Crippen LogP contribution in [0.1, 0.15) is 39.0 Å². The molecule has 1 unspecified atom stereocenters. The van der Waals surface area contributed by atoms with Crippen molar-refractivity contribution < 1.29 is 9.90 Å². The molecule has 1 heterocycles. The maximum atomic E-state index is 11.6. The molecular formula is C13H26N2O2. The molecule has 1 fully saturated rings. The number of aliphatic hydroxyl groups excluding tert-OH is 1. The van der Waals surface area contributed by atoms with E-state index in [1.807, 2.05) is 0 Å². The van der Waals surface area contributed by atoms with Gasteiger partial charge in [-0.2, -0.15) is 0 Å². The minimum atomic E-state index is 0.125. The van der Waals surface area contributed by atoms with Crippen LogP contribution in [-0.2, 0) is 4.79 Å². The lowest BCUT2D eigenvalue weighted by Crippen LogP contribution is -2.36. The van der Waals surface area contributed by atoms with Crippen molar-refractivity contribution >= 4 is 5.91 Å². The smallest absolute Gasteiger partial charge is 0.234 e. The number of likely N-dealkylation sites (tertiary alicyclic amines) is 1. The molecule has 17 heavy (non-hydrogen) atoms. The van der Waals surface area contributed by atoms with Gasteiger partial charge in [-0.05, 0) is 25.3 Å². The predicted molar refractivity (Wildman–Crippen MR) is 68.8 cm³/mol. The summed E-state index contributed by atoms with van der Waals surface area (Å²) in [5.74, 6) is 0.493. The molecule has 1 saturated heterocycles.